The largest absolute Gasteiger partial charge is 0.356 e. The minimum absolute atomic E-state index is 0.401. The second kappa shape index (κ2) is 7.23. The molecule has 128 valence electrons. The Morgan fingerprint density at radius 2 is 2.08 bits per heavy atom. The molecule has 1 saturated heterocycles. The third-order valence-electron chi connectivity index (χ3n) is 4.65. The maximum Gasteiger partial charge on any atom is 0.128 e. The van der Waals surface area contributed by atoms with Crippen LogP contribution in [-0.4, -0.2) is 32.6 Å². The van der Waals surface area contributed by atoms with Gasteiger partial charge in [-0.05, 0) is 36.6 Å². The highest BCUT2D eigenvalue weighted by molar-refractivity contribution is 6.30. The first-order valence-electron chi connectivity index (χ1n) is 8.56. The van der Waals surface area contributed by atoms with Gasteiger partial charge in [-0.2, -0.15) is 0 Å². The number of aromatic nitrogens is 4. The van der Waals surface area contributed by atoms with Gasteiger partial charge in [0.2, 0.25) is 0 Å². The second-order valence-electron chi connectivity index (χ2n) is 6.39. The van der Waals surface area contributed by atoms with E-state index in [1.165, 1.54) is 5.56 Å². The molecule has 0 N–H and O–H groups in total. The van der Waals surface area contributed by atoms with E-state index in [4.69, 9.17) is 11.6 Å². The number of halogens is 1. The van der Waals surface area contributed by atoms with Crippen molar-refractivity contribution in [2.45, 2.75) is 25.3 Å². The van der Waals surface area contributed by atoms with E-state index in [1.54, 1.807) is 12.4 Å². The first-order chi connectivity index (χ1) is 12.3. The van der Waals surface area contributed by atoms with Gasteiger partial charge in [-0.3, -0.25) is 4.98 Å². The fraction of sp³-hybridized carbons (Fsp3) is 0.316. The molecule has 1 aliphatic heterocycles. The van der Waals surface area contributed by atoms with Crippen LogP contribution in [0.1, 0.15) is 30.1 Å². The molecule has 3 aromatic rings. The third kappa shape index (κ3) is 3.66. The van der Waals surface area contributed by atoms with Crippen LogP contribution in [0, 0.1) is 0 Å². The van der Waals surface area contributed by atoms with Crippen LogP contribution < -0.4 is 4.90 Å². The summed E-state index contributed by atoms with van der Waals surface area (Å²) in [4.78, 5) is 15.7. The Bertz CT molecular complexity index is 815. The first-order valence-corrected chi connectivity index (χ1v) is 8.94. The lowest BCUT2D eigenvalue weighted by Crippen LogP contribution is -2.35. The predicted molar refractivity (Wildman–Crippen MR) is 99.0 cm³/mol. The zero-order valence-electron chi connectivity index (χ0n) is 13.9. The molecule has 0 aromatic carbocycles. The molecular formula is C19H20ClN5. The van der Waals surface area contributed by atoms with Crippen LogP contribution in [0.25, 0.3) is 0 Å². The lowest BCUT2D eigenvalue weighted by molar-refractivity contribution is 0.474. The van der Waals surface area contributed by atoms with Crippen molar-refractivity contribution in [3.05, 3.63) is 71.7 Å². The van der Waals surface area contributed by atoms with E-state index in [2.05, 4.69) is 36.7 Å². The van der Waals surface area contributed by atoms with Crippen molar-refractivity contribution in [2.24, 2.45) is 0 Å². The molecule has 4 heterocycles. The Kier molecular flexibility index (Phi) is 4.65. The Morgan fingerprint density at radius 3 is 2.88 bits per heavy atom. The van der Waals surface area contributed by atoms with E-state index >= 15 is 0 Å². The number of piperidine rings is 1. The van der Waals surface area contributed by atoms with Crippen molar-refractivity contribution >= 4 is 17.4 Å². The number of pyridine rings is 2. The molecule has 0 aliphatic carbocycles. The van der Waals surface area contributed by atoms with Gasteiger partial charge < -0.3 is 9.47 Å². The summed E-state index contributed by atoms with van der Waals surface area (Å²) in [6, 6.07) is 7.96. The fourth-order valence-electron chi connectivity index (χ4n) is 3.45. The van der Waals surface area contributed by atoms with E-state index in [-0.39, 0.29) is 0 Å². The molecule has 3 aromatic heterocycles. The SMILES string of the molecule is Clc1ccc(N2CCCC(c3nccn3Cc3cccnc3)C2)nc1. The maximum absolute atomic E-state index is 5.96. The Labute approximate surface area is 152 Å². The molecule has 25 heavy (non-hydrogen) atoms. The van der Waals surface area contributed by atoms with E-state index in [0.29, 0.717) is 10.9 Å². The molecule has 4 rings (SSSR count). The van der Waals surface area contributed by atoms with E-state index in [9.17, 15) is 0 Å². The van der Waals surface area contributed by atoms with Gasteiger partial charge >= 0.3 is 0 Å². The first kappa shape index (κ1) is 16.1. The predicted octanol–water partition coefficient (Wildman–Crippen LogP) is 3.76. The van der Waals surface area contributed by atoms with Crippen LogP contribution in [-0.2, 0) is 6.54 Å². The topological polar surface area (TPSA) is 46.8 Å². The van der Waals surface area contributed by atoms with Crippen molar-refractivity contribution in [1.82, 2.24) is 19.5 Å². The van der Waals surface area contributed by atoms with Crippen molar-refractivity contribution < 1.29 is 0 Å². The van der Waals surface area contributed by atoms with Gasteiger partial charge in [0.1, 0.15) is 11.6 Å². The third-order valence-corrected chi connectivity index (χ3v) is 4.87. The van der Waals surface area contributed by atoms with Crippen molar-refractivity contribution in [3.8, 4) is 0 Å². The molecular weight excluding hydrogens is 334 g/mol. The van der Waals surface area contributed by atoms with E-state index < -0.39 is 0 Å². The zero-order chi connectivity index (χ0) is 17.1. The smallest absolute Gasteiger partial charge is 0.128 e. The van der Waals surface area contributed by atoms with Gasteiger partial charge in [-0.1, -0.05) is 17.7 Å². The Hall–Kier alpha value is -2.40. The highest BCUT2D eigenvalue weighted by Crippen LogP contribution is 2.29. The van der Waals surface area contributed by atoms with Crippen LogP contribution in [0.5, 0.6) is 0 Å². The summed E-state index contributed by atoms with van der Waals surface area (Å²) >= 11 is 5.96. The number of anilines is 1. The number of hydrogen-bond acceptors (Lipinski definition) is 4. The van der Waals surface area contributed by atoms with Gasteiger partial charge in [0.25, 0.3) is 0 Å². The summed E-state index contributed by atoms with van der Waals surface area (Å²) in [6.07, 6.45) is 11.7. The average molecular weight is 354 g/mol. The van der Waals surface area contributed by atoms with Gasteiger partial charge in [-0.25, -0.2) is 9.97 Å². The highest BCUT2D eigenvalue weighted by atomic mass is 35.5. The number of nitrogens with zero attached hydrogens (tertiary/aromatic N) is 5. The molecule has 1 aliphatic rings. The number of rotatable bonds is 4. The molecule has 0 spiro atoms. The standard InChI is InChI=1S/C19H20ClN5/c20-17-5-6-18(23-12-17)24-9-2-4-16(14-24)19-22-8-10-25(19)13-15-3-1-7-21-11-15/h1,3,5-8,10-12,16H,2,4,9,13-14H2. The Balaban J connectivity index is 1.52. The normalized spacial score (nSPS) is 17.6. The minimum atomic E-state index is 0.401. The zero-order valence-corrected chi connectivity index (χ0v) is 14.7. The molecule has 0 bridgehead atoms. The van der Waals surface area contributed by atoms with Crippen LogP contribution >= 0.6 is 11.6 Å². The van der Waals surface area contributed by atoms with Crippen LogP contribution in [0.4, 0.5) is 5.82 Å². The molecule has 0 radical (unpaired) electrons. The summed E-state index contributed by atoms with van der Waals surface area (Å²) in [5, 5.41) is 0.671. The van der Waals surface area contributed by atoms with Crippen molar-refractivity contribution in [3.63, 3.8) is 0 Å². The summed E-state index contributed by atoms with van der Waals surface area (Å²) in [6.45, 7) is 2.76. The minimum Gasteiger partial charge on any atom is -0.356 e. The quantitative estimate of drug-likeness (QED) is 0.716. The van der Waals surface area contributed by atoms with Crippen LogP contribution in [0.3, 0.4) is 0 Å². The summed E-state index contributed by atoms with van der Waals surface area (Å²) < 4.78 is 2.24. The van der Waals surface area contributed by atoms with Crippen LogP contribution in [0.2, 0.25) is 5.02 Å². The van der Waals surface area contributed by atoms with E-state index in [0.717, 1.165) is 44.1 Å². The average Bonchev–Trinajstić information content (AvgIpc) is 3.11. The molecule has 1 fully saturated rings. The number of imidazole rings is 1. The molecule has 5 nitrogen and oxygen atoms in total. The van der Waals surface area contributed by atoms with Gasteiger partial charge in [0.05, 0.1) is 11.6 Å². The summed E-state index contributed by atoms with van der Waals surface area (Å²) in [5.74, 6) is 2.53. The molecule has 1 atom stereocenters. The molecule has 6 heteroatoms. The van der Waals surface area contributed by atoms with E-state index in [1.807, 2.05) is 30.6 Å². The lowest BCUT2D eigenvalue weighted by atomic mass is 9.97. The highest BCUT2D eigenvalue weighted by Gasteiger charge is 2.25. The van der Waals surface area contributed by atoms with Crippen molar-refractivity contribution in [1.29, 1.82) is 0 Å². The molecule has 0 saturated carbocycles. The van der Waals surface area contributed by atoms with Gasteiger partial charge in [0, 0.05) is 50.0 Å². The van der Waals surface area contributed by atoms with Gasteiger partial charge in [0.15, 0.2) is 0 Å². The summed E-state index contributed by atoms with van der Waals surface area (Å²) in [7, 11) is 0. The number of hydrogen-bond donors (Lipinski definition) is 0. The van der Waals surface area contributed by atoms with Gasteiger partial charge in [-0.15, -0.1) is 0 Å². The second-order valence-corrected chi connectivity index (χ2v) is 6.83. The molecule has 1 unspecified atom stereocenters. The monoisotopic (exact) mass is 353 g/mol. The fourth-order valence-corrected chi connectivity index (χ4v) is 3.57. The maximum atomic E-state index is 5.96. The molecule has 0 amide bonds. The van der Waals surface area contributed by atoms with Crippen molar-refractivity contribution in [2.75, 3.05) is 18.0 Å². The lowest BCUT2D eigenvalue weighted by Gasteiger charge is -2.33. The summed E-state index contributed by atoms with van der Waals surface area (Å²) in [5.41, 5.74) is 1.19. The Morgan fingerprint density at radius 1 is 1.12 bits per heavy atom. The van der Waals surface area contributed by atoms with Crippen LogP contribution in [0.15, 0.2) is 55.2 Å².